The summed E-state index contributed by atoms with van der Waals surface area (Å²) in [5.74, 6) is 0.641. The van der Waals surface area contributed by atoms with Crippen molar-refractivity contribution in [3.8, 4) is 0 Å². The van der Waals surface area contributed by atoms with Gasteiger partial charge in [0.1, 0.15) is 0 Å². The standard InChI is InChI=1S/C14H21NO/c1-12-10-15(2)9-8-14(12)16-11-13-6-4-3-5-7-13/h3-7,12,14H,8-11H2,1-2H3. The van der Waals surface area contributed by atoms with Crippen molar-refractivity contribution >= 4 is 0 Å². The highest BCUT2D eigenvalue weighted by atomic mass is 16.5. The zero-order valence-electron chi connectivity index (χ0n) is 10.2. The molecule has 1 aromatic rings. The summed E-state index contributed by atoms with van der Waals surface area (Å²) in [6.45, 7) is 5.34. The summed E-state index contributed by atoms with van der Waals surface area (Å²) >= 11 is 0. The lowest BCUT2D eigenvalue weighted by atomic mass is 9.97. The SMILES string of the molecule is CC1CN(C)CCC1OCc1ccccc1. The number of piperidine rings is 1. The van der Waals surface area contributed by atoms with Crippen LogP contribution in [0.5, 0.6) is 0 Å². The minimum absolute atomic E-state index is 0.427. The van der Waals surface area contributed by atoms with Crippen LogP contribution in [0.1, 0.15) is 18.9 Å². The van der Waals surface area contributed by atoms with Gasteiger partial charge in [-0.05, 0) is 24.9 Å². The van der Waals surface area contributed by atoms with Gasteiger partial charge in [0.15, 0.2) is 0 Å². The van der Waals surface area contributed by atoms with E-state index >= 15 is 0 Å². The molecule has 1 saturated heterocycles. The van der Waals surface area contributed by atoms with Crippen LogP contribution in [0, 0.1) is 5.92 Å². The Balaban J connectivity index is 1.82. The van der Waals surface area contributed by atoms with Gasteiger partial charge < -0.3 is 9.64 Å². The minimum atomic E-state index is 0.427. The van der Waals surface area contributed by atoms with Crippen LogP contribution in [0.2, 0.25) is 0 Å². The maximum atomic E-state index is 6.00. The summed E-state index contributed by atoms with van der Waals surface area (Å²) < 4.78 is 6.00. The summed E-state index contributed by atoms with van der Waals surface area (Å²) in [5, 5.41) is 0. The molecular formula is C14H21NO. The largest absolute Gasteiger partial charge is 0.373 e. The quantitative estimate of drug-likeness (QED) is 0.774. The molecule has 1 heterocycles. The molecule has 0 N–H and O–H groups in total. The molecule has 88 valence electrons. The minimum Gasteiger partial charge on any atom is -0.373 e. The molecular weight excluding hydrogens is 198 g/mol. The molecule has 0 saturated carbocycles. The molecule has 1 fully saturated rings. The summed E-state index contributed by atoms with van der Waals surface area (Å²) in [7, 11) is 2.18. The molecule has 2 nitrogen and oxygen atoms in total. The van der Waals surface area contributed by atoms with E-state index in [1.165, 1.54) is 5.56 Å². The van der Waals surface area contributed by atoms with Crippen molar-refractivity contribution in [1.29, 1.82) is 0 Å². The first-order valence-corrected chi connectivity index (χ1v) is 6.10. The Hall–Kier alpha value is -0.860. The number of rotatable bonds is 3. The first-order valence-electron chi connectivity index (χ1n) is 6.10. The van der Waals surface area contributed by atoms with Gasteiger partial charge in [-0.25, -0.2) is 0 Å². The van der Waals surface area contributed by atoms with Gasteiger partial charge in [0.25, 0.3) is 0 Å². The Kier molecular flexibility index (Phi) is 3.97. The van der Waals surface area contributed by atoms with Crippen LogP contribution in [-0.2, 0) is 11.3 Å². The second-order valence-electron chi connectivity index (χ2n) is 4.86. The number of benzene rings is 1. The number of hydrogen-bond donors (Lipinski definition) is 0. The Morgan fingerprint density at radius 1 is 1.31 bits per heavy atom. The van der Waals surface area contributed by atoms with Crippen LogP contribution in [0.4, 0.5) is 0 Å². The van der Waals surface area contributed by atoms with Crippen molar-refractivity contribution in [1.82, 2.24) is 4.90 Å². The van der Waals surface area contributed by atoms with Crippen LogP contribution in [0.3, 0.4) is 0 Å². The second kappa shape index (κ2) is 5.46. The number of ether oxygens (including phenoxy) is 1. The maximum Gasteiger partial charge on any atom is 0.0720 e. The number of likely N-dealkylation sites (tertiary alicyclic amines) is 1. The van der Waals surface area contributed by atoms with Gasteiger partial charge in [0.05, 0.1) is 12.7 Å². The molecule has 0 bridgehead atoms. The van der Waals surface area contributed by atoms with E-state index in [0.29, 0.717) is 12.0 Å². The molecule has 16 heavy (non-hydrogen) atoms. The Morgan fingerprint density at radius 3 is 2.75 bits per heavy atom. The lowest BCUT2D eigenvalue weighted by molar-refractivity contribution is -0.0317. The lowest BCUT2D eigenvalue weighted by Gasteiger charge is -2.34. The van der Waals surface area contributed by atoms with E-state index in [-0.39, 0.29) is 0 Å². The molecule has 1 aromatic carbocycles. The molecule has 2 unspecified atom stereocenters. The van der Waals surface area contributed by atoms with Crippen molar-refractivity contribution in [2.75, 3.05) is 20.1 Å². The summed E-state index contributed by atoms with van der Waals surface area (Å²) in [6, 6.07) is 10.4. The first kappa shape index (κ1) is 11.6. The third-order valence-corrected chi connectivity index (χ3v) is 3.34. The number of hydrogen-bond acceptors (Lipinski definition) is 2. The topological polar surface area (TPSA) is 12.5 Å². The zero-order chi connectivity index (χ0) is 11.4. The van der Waals surface area contributed by atoms with Crippen LogP contribution in [0.15, 0.2) is 30.3 Å². The zero-order valence-corrected chi connectivity index (χ0v) is 10.2. The van der Waals surface area contributed by atoms with Gasteiger partial charge in [-0.15, -0.1) is 0 Å². The molecule has 0 amide bonds. The van der Waals surface area contributed by atoms with Crippen LogP contribution in [0.25, 0.3) is 0 Å². The van der Waals surface area contributed by atoms with Crippen molar-refractivity contribution in [3.05, 3.63) is 35.9 Å². The molecule has 2 atom stereocenters. The van der Waals surface area contributed by atoms with Crippen molar-refractivity contribution in [3.63, 3.8) is 0 Å². The van der Waals surface area contributed by atoms with E-state index in [2.05, 4.69) is 43.1 Å². The van der Waals surface area contributed by atoms with Gasteiger partial charge >= 0.3 is 0 Å². The second-order valence-corrected chi connectivity index (χ2v) is 4.86. The molecule has 1 aliphatic rings. The molecule has 0 aromatic heterocycles. The van der Waals surface area contributed by atoms with Gasteiger partial charge in [0, 0.05) is 13.1 Å². The lowest BCUT2D eigenvalue weighted by Crippen LogP contribution is -2.40. The average Bonchev–Trinajstić information content (AvgIpc) is 2.29. The summed E-state index contributed by atoms with van der Waals surface area (Å²) in [5.41, 5.74) is 1.27. The van der Waals surface area contributed by atoms with E-state index in [1.54, 1.807) is 0 Å². The molecule has 2 rings (SSSR count). The van der Waals surface area contributed by atoms with Crippen molar-refractivity contribution < 1.29 is 4.74 Å². The van der Waals surface area contributed by atoms with E-state index in [0.717, 1.165) is 26.1 Å². The number of nitrogens with zero attached hydrogens (tertiary/aromatic N) is 1. The molecule has 1 aliphatic heterocycles. The summed E-state index contributed by atoms with van der Waals surface area (Å²) in [4.78, 5) is 2.38. The predicted octanol–water partition coefficient (Wildman–Crippen LogP) is 2.54. The van der Waals surface area contributed by atoms with Crippen molar-refractivity contribution in [2.45, 2.75) is 26.1 Å². The van der Waals surface area contributed by atoms with Gasteiger partial charge in [-0.3, -0.25) is 0 Å². The van der Waals surface area contributed by atoms with E-state index in [4.69, 9.17) is 4.74 Å². The van der Waals surface area contributed by atoms with E-state index < -0.39 is 0 Å². The Bertz CT molecular complexity index is 312. The highest BCUT2D eigenvalue weighted by Crippen LogP contribution is 2.19. The van der Waals surface area contributed by atoms with Crippen LogP contribution >= 0.6 is 0 Å². The third-order valence-electron chi connectivity index (χ3n) is 3.34. The van der Waals surface area contributed by atoms with Crippen molar-refractivity contribution in [2.24, 2.45) is 5.92 Å². The van der Waals surface area contributed by atoms with Gasteiger partial charge in [-0.1, -0.05) is 37.3 Å². The first-order chi connectivity index (χ1) is 7.75. The smallest absolute Gasteiger partial charge is 0.0720 e. The van der Waals surface area contributed by atoms with Gasteiger partial charge in [0.2, 0.25) is 0 Å². The fourth-order valence-corrected chi connectivity index (χ4v) is 2.36. The summed E-state index contributed by atoms with van der Waals surface area (Å²) in [6.07, 6.45) is 1.58. The fourth-order valence-electron chi connectivity index (χ4n) is 2.36. The normalized spacial score (nSPS) is 26.9. The molecule has 0 spiro atoms. The van der Waals surface area contributed by atoms with E-state index in [1.807, 2.05) is 6.07 Å². The predicted molar refractivity (Wildman–Crippen MR) is 66.3 cm³/mol. The Labute approximate surface area is 98.2 Å². The highest BCUT2D eigenvalue weighted by molar-refractivity contribution is 5.13. The average molecular weight is 219 g/mol. The monoisotopic (exact) mass is 219 g/mol. The fraction of sp³-hybridized carbons (Fsp3) is 0.571. The molecule has 0 aliphatic carbocycles. The molecule has 0 radical (unpaired) electrons. The maximum absolute atomic E-state index is 6.00. The van der Waals surface area contributed by atoms with E-state index in [9.17, 15) is 0 Å². The van der Waals surface area contributed by atoms with Gasteiger partial charge in [-0.2, -0.15) is 0 Å². The molecule has 2 heteroatoms. The van der Waals surface area contributed by atoms with Crippen LogP contribution < -0.4 is 0 Å². The Morgan fingerprint density at radius 2 is 2.06 bits per heavy atom. The third kappa shape index (κ3) is 3.06. The highest BCUT2D eigenvalue weighted by Gasteiger charge is 2.24. The van der Waals surface area contributed by atoms with Crippen LogP contribution in [-0.4, -0.2) is 31.1 Å².